The average Bonchev–Trinajstić information content (AvgIpc) is 3.22. The third kappa shape index (κ3) is 3.18. The van der Waals surface area contributed by atoms with Gasteiger partial charge >= 0.3 is 0 Å². The Morgan fingerprint density at radius 1 is 1.25 bits per heavy atom. The van der Waals surface area contributed by atoms with E-state index in [4.69, 9.17) is 0 Å². The lowest BCUT2D eigenvalue weighted by atomic mass is 10.1. The van der Waals surface area contributed by atoms with E-state index in [9.17, 15) is 13.2 Å². The van der Waals surface area contributed by atoms with Gasteiger partial charge in [0.2, 0.25) is 10.0 Å². The van der Waals surface area contributed by atoms with Crippen molar-refractivity contribution >= 4 is 33.0 Å². The predicted octanol–water partition coefficient (Wildman–Crippen LogP) is 3.12. The fourth-order valence-corrected chi connectivity index (χ4v) is 5.19. The first-order valence-electron chi connectivity index (χ1n) is 7.81. The Hall–Kier alpha value is -1.86. The molecule has 128 valence electrons. The van der Waals surface area contributed by atoms with E-state index in [0.29, 0.717) is 24.2 Å². The average molecular weight is 364 g/mol. The maximum Gasteiger partial charge on any atom is 0.254 e. The molecule has 7 heteroatoms. The zero-order valence-electron chi connectivity index (χ0n) is 13.7. The third-order valence-corrected chi connectivity index (χ3v) is 7.27. The molecule has 1 fully saturated rings. The second kappa shape index (κ2) is 6.57. The van der Waals surface area contributed by atoms with E-state index < -0.39 is 10.0 Å². The number of hydrogen-bond donors (Lipinski definition) is 0. The molecule has 1 aliphatic rings. The van der Waals surface area contributed by atoms with Crippen LogP contribution in [0.4, 0.5) is 5.69 Å². The van der Waals surface area contributed by atoms with Crippen LogP contribution in [-0.2, 0) is 10.0 Å². The molecule has 1 aliphatic heterocycles. The van der Waals surface area contributed by atoms with Gasteiger partial charge in [0.25, 0.3) is 5.91 Å². The molecule has 0 radical (unpaired) electrons. The second-order valence-electron chi connectivity index (χ2n) is 5.90. The van der Waals surface area contributed by atoms with Crippen LogP contribution >= 0.6 is 11.3 Å². The fourth-order valence-electron chi connectivity index (χ4n) is 2.80. The highest BCUT2D eigenvalue weighted by Crippen LogP contribution is 2.27. The zero-order valence-corrected chi connectivity index (χ0v) is 15.3. The molecule has 0 saturated carbocycles. The lowest BCUT2D eigenvalue weighted by molar-refractivity contribution is 0.0745. The summed E-state index contributed by atoms with van der Waals surface area (Å²) in [4.78, 5) is 15.5. The molecule has 0 aliphatic carbocycles. The first-order valence-corrected chi connectivity index (χ1v) is 10.3. The van der Waals surface area contributed by atoms with Crippen molar-refractivity contribution in [1.29, 1.82) is 0 Å². The number of amides is 1. The molecule has 0 N–H and O–H groups in total. The van der Waals surface area contributed by atoms with Gasteiger partial charge in [-0.25, -0.2) is 8.42 Å². The van der Waals surface area contributed by atoms with E-state index in [1.807, 2.05) is 24.4 Å². The molecule has 3 rings (SSSR count). The molecule has 5 nitrogen and oxygen atoms in total. The number of thiophene rings is 1. The Bertz CT molecular complexity index is 814. The molecule has 1 aromatic heterocycles. The van der Waals surface area contributed by atoms with E-state index in [2.05, 4.69) is 0 Å². The summed E-state index contributed by atoms with van der Waals surface area (Å²) in [5.74, 6) is 0.112. The first-order chi connectivity index (χ1) is 11.4. The normalized spacial score (nSPS) is 17.7. The van der Waals surface area contributed by atoms with Crippen molar-refractivity contribution in [3.63, 3.8) is 0 Å². The van der Waals surface area contributed by atoms with Gasteiger partial charge in [0, 0.05) is 24.0 Å². The van der Waals surface area contributed by atoms with Gasteiger partial charge in [0.1, 0.15) is 0 Å². The van der Waals surface area contributed by atoms with Gasteiger partial charge < -0.3 is 4.90 Å². The minimum atomic E-state index is -3.19. The standard InChI is InChI=1S/C17H20N2O3S2/c1-13(16-5-3-11-23-16)18(2)17(20)14-6-8-15(9-7-14)19-10-4-12-24(19,21)22/h3,5-9,11,13H,4,10,12H2,1-2H3/t13-/m0/s1. The molecular formula is C17H20N2O3S2. The zero-order chi connectivity index (χ0) is 17.3. The summed E-state index contributed by atoms with van der Waals surface area (Å²) in [6.45, 7) is 2.50. The number of carbonyl (C=O) groups is 1. The summed E-state index contributed by atoms with van der Waals surface area (Å²) in [6, 6.07) is 10.8. The Morgan fingerprint density at radius 3 is 2.50 bits per heavy atom. The van der Waals surface area contributed by atoms with Gasteiger partial charge in [-0.05, 0) is 49.1 Å². The number of nitrogens with zero attached hydrogens (tertiary/aromatic N) is 2. The summed E-state index contributed by atoms with van der Waals surface area (Å²) in [5.41, 5.74) is 1.18. The van der Waals surface area contributed by atoms with Gasteiger partial charge in [0.05, 0.1) is 17.5 Å². The van der Waals surface area contributed by atoms with Gasteiger partial charge in [-0.1, -0.05) is 6.07 Å². The van der Waals surface area contributed by atoms with Crippen LogP contribution in [0.2, 0.25) is 0 Å². The van der Waals surface area contributed by atoms with Crippen LogP contribution in [0.1, 0.15) is 34.6 Å². The summed E-state index contributed by atoms with van der Waals surface area (Å²) in [7, 11) is -1.41. The van der Waals surface area contributed by atoms with E-state index >= 15 is 0 Å². The topological polar surface area (TPSA) is 57.7 Å². The lowest BCUT2D eigenvalue weighted by Gasteiger charge is -2.24. The number of carbonyl (C=O) groups excluding carboxylic acids is 1. The summed E-state index contributed by atoms with van der Waals surface area (Å²) in [6.07, 6.45) is 0.643. The smallest absolute Gasteiger partial charge is 0.254 e. The quantitative estimate of drug-likeness (QED) is 0.837. The number of benzene rings is 1. The largest absolute Gasteiger partial charge is 0.334 e. The highest BCUT2D eigenvalue weighted by atomic mass is 32.2. The molecule has 0 bridgehead atoms. The molecule has 24 heavy (non-hydrogen) atoms. The van der Waals surface area contributed by atoms with E-state index in [1.165, 1.54) is 4.31 Å². The van der Waals surface area contributed by atoms with Crippen LogP contribution in [0.3, 0.4) is 0 Å². The van der Waals surface area contributed by atoms with Crippen LogP contribution in [0.25, 0.3) is 0 Å². The van der Waals surface area contributed by atoms with Gasteiger partial charge in [-0.2, -0.15) is 0 Å². The third-order valence-electron chi connectivity index (χ3n) is 4.36. The molecular weight excluding hydrogens is 344 g/mol. The molecule has 0 unspecified atom stereocenters. The van der Waals surface area contributed by atoms with Crippen LogP contribution in [-0.4, -0.2) is 38.6 Å². The van der Waals surface area contributed by atoms with E-state index in [1.54, 1.807) is 47.5 Å². The Balaban J connectivity index is 1.77. The summed E-state index contributed by atoms with van der Waals surface area (Å²) < 4.78 is 25.3. The molecule has 1 atom stereocenters. The molecule has 1 saturated heterocycles. The molecule has 2 aromatic rings. The van der Waals surface area contributed by atoms with Crippen molar-refractivity contribution in [2.75, 3.05) is 23.7 Å². The number of anilines is 1. The van der Waals surface area contributed by atoms with Crippen molar-refractivity contribution in [2.45, 2.75) is 19.4 Å². The maximum atomic E-state index is 12.6. The van der Waals surface area contributed by atoms with E-state index in [-0.39, 0.29) is 17.7 Å². The summed E-state index contributed by atoms with van der Waals surface area (Å²) in [5, 5.41) is 2.00. The fraction of sp³-hybridized carbons (Fsp3) is 0.353. The maximum absolute atomic E-state index is 12.6. The molecule has 1 aromatic carbocycles. The SMILES string of the molecule is C[C@@H](c1cccs1)N(C)C(=O)c1ccc(N2CCCS2(=O)=O)cc1. The lowest BCUT2D eigenvalue weighted by Crippen LogP contribution is -2.29. The van der Waals surface area contributed by atoms with Gasteiger partial charge in [-0.3, -0.25) is 9.10 Å². The minimum Gasteiger partial charge on any atom is -0.334 e. The number of hydrogen-bond acceptors (Lipinski definition) is 4. The van der Waals surface area contributed by atoms with Crippen LogP contribution < -0.4 is 4.31 Å². The van der Waals surface area contributed by atoms with Crippen LogP contribution in [0.5, 0.6) is 0 Å². The second-order valence-corrected chi connectivity index (χ2v) is 8.89. The highest BCUT2D eigenvalue weighted by Gasteiger charge is 2.28. The molecule has 1 amide bonds. The van der Waals surface area contributed by atoms with Crippen molar-refractivity contribution < 1.29 is 13.2 Å². The monoisotopic (exact) mass is 364 g/mol. The van der Waals surface area contributed by atoms with E-state index in [0.717, 1.165) is 4.88 Å². The predicted molar refractivity (Wildman–Crippen MR) is 97.0 cm³/mol. The molecule has 2 heterocycles. The highest BCUT2D eigenvalue weighted by molar-refractivity contribution is 7.93. The Kier molecular flexibility index (Phi) is 4.64. The van der Waals surface area contributed by atoms with Gasteiger partial charge in [0.15, 0.2) is 0 Å². The van der Waals surface area contributed by atoms with Crippen LogP contribution in [0, 0.1) is 0 Å². The number of sulfonamides is 1. The van der Waals surface area contributed by atoms with Crippen molar-refractivity contribution in [3.05, 3.63) is 52.2 Å². The number of rotatable bonds is 4. The Labute approximate surface area is 146 Å². The van der Waals surface area contributed by atoms with Crippen molar-refractivity contribution in [1.82, 2.24) is 4.90 Å². The first kappa shape index (κ1) is 17.0. The van der Waals surface area contributed by atoms with Crippen molar-refractivity contribution in [3.8, 4) is 0 Å². The van der Waals surface area contributed by atoms with Crippen molar-refractivity contribution in [2.24, 2.45) is 0 Å². The Morgan fingerprint density at radius 2 is 1.96 bits per heavy atom. The van der Waals surface area contributed by atoms with Crippen LogP contribution in [0.15, 0.2) is 41.8 Å². The minimum absolute atomic E-state index is 0.00358. The van der Waals surface area contributed by atoms with Gasteiger partial charge in [-0.15, -0.1) is 11.3 Å². The summed E-state index contributed by atoms with van der Waals surface area (Å²) >= 11 is 1.62. The molecule has 0 spiro atoms.